The summed E-state index contributed by atoms with van der Waals surface area (Å²) in [6.45, 7) is 0. The van der Waals surface area contributed by atoms with Gasteiger partial charge in [-0.3, -0.25) is 4.98 Å². The van der Waals surface area contributed by atoms with E-state index in [1.807, 2.05) is 49.6 Å². The molecule has 0 fully saturated rings. The lowest BCUT2D eigenvalue weighted by Gasteiger charge is -2.01. The van der Waals surface area contributed by atoms with Crippen LogP contribution in [0.25, 0.3) is 21.8 Å². The average Bonchev–Trinajstić information content (AvgIpc) is 2.93. The van der Waals surface area contributed by atoms with Gasteiger partial charge in [-0.1, -0.05) is 47.7 Å². The highest BCUT2D eigenvalue weighted by atomic mass is 32.1. The van der Waals surface area contributed by atoms with E-state index in [2.05, 4.69) is 27.4 Å². The Morgan fingerprint density at radius 3 is 2.47 bits per heavy atom. The summed E-state index contributed by atoms with van der Waals surface area (Å²) in [6, 6.07) is 16.1. The van der Waals surface area contributed by atoms with Gasteiger partial charge in [0.15, 0.2) is 5.13 Å². The van der Waals surface area contributed by atoms with Crippen molar-refractivity contribution in [2.45, 2.75) is 0 Å². The number of nitrogens with zero attached hydrogens (tertiary/aromatic N) is 2. The van der Waals surface area contributed by atoms with Gasteiger partial charge in [-0.2, -0.15) is 0 Å². The first-order chi connectivity index (χ1) is 9.38. The van der Waals surface area contributed by atoms with Gasteiger partial charge in [0.05, 0.1) is 16.3 Å². The standard InChI is InChI=1S/C15H13N3S/c1-16-15-18-13(11-7-3-2-4-8-11)14(19-15)12-9-5-6-10-17-12/h2-10H,1H3,(H,16,18). The second kappa shape index (κ2) is 5.20. The molecule has 0 spiro atoms. The van der Waals surface area contributed by atoms with Crippen molar-refractivity contribution in [3.63, 3.8) is 0 Å². The molecule has 0 unspecified atom stereocenters. The third kappa shape index (κ3) is 2.35. The molecule has 0 atom stereocenters. The van der Waals surface area contributed by atoms with E-state index in [9.17, 15) is 0 Å². The zero-order valence-corrected chi connectivity index (χ0v) is 11.3. The van der Waals surface area contributed by atoms with Crippen LogP contribution in [0, 0.1) is 0 Å². The van der Waals surface area contributed by atoms with Crippen LogP contribution in [0.4, 0.5) is 5.13 Å². The van der Waals surface area contributed by atoms with Crippen molar-refractivity contribution in [1.82, 2.24) is 9.97 Å². The molecular weight excluding hydrogens is 254 g/mol. The van der Waals surface area contributed by atoms with Crippen molar-refractivity contribution in [1.29, 1.82) is 0 Å². The fraction of sp³-hybridized carbons (Fsp3) is 0.0667. The van der Waals surface area contributed by atoms with Crippen LogP contribution in [0.5, 0.6) is 0 Å². The largest absolute Gasteiger partial charge is 0.365 e. The molecule has 3 aromatic rings. The first kappa shape index (κ1) is 11.9. The molecule has 2 heterocycles. The molecule has 19 heavy (non-hydrogen) atoms. The monoisotopic (exact) mass is 267 g/mol. The molecular formula is C15H13N3S. The lowest BCUT2D eigenvalue weighted by molar-refractivity contribution is 1.32. The number of hydrogen-bond donors (Lipinski definition) is 1. The van der Waals surface area contributed by atoms with Crippen LogP contribution >= 0.6 is 11.3 Å². The molecule has 0 radical (unpaired) electrons. The Morgan fingerprint density at radius 1 is 1.00 bits per heavy atom. The molecule has 0 saturated heterocycles. The normalized spacial score (nSPS) is 10.4. The molecule has 0 aliphatic heterocycles. The number of anilines is 1. The van der Waals surface area contributed by atoms with E-state index in [4.69, 9.17) is 0 Å². The smallest absolute Gasteiger partial charge is 0.183 e. The molecule has 2 aromatic heterocycles. The summed E-state index contributed by atoms with van der Waals surface area (Å²) < 4.78 is 0. The number of nitrogens with one attached hydrogen (secondary N) is 1. The summed E-state index contributed by atoms with van der Waals surface area (Å²) in [5.41, 5.74) is 3.05. The maximum atomic E-state index is 4.64. The summed E-state index contributed by atoms with van der Waals surface area (Å²) in [4.78, 5) is 10.2. The average molecular weight is 267 g/mol. The Morgan fingerprint density at radius 2 is 1.79 bits per heavy atom. The molecule has 4 heteroatoms. The molecule has 0 aliphatic rings. The molecule has 0 bridgehead atoms. The van der Waals surface area contributed by atoms with Gasteiger partial charge in [0.1, 0.15) is 0 Å². The van der Waals surface area contributed by atoms with Crippen LogP contribution in [0.3, 0.4) is 0 Å². The third-order valence-corrected chi connectivity index (χ3v) is 3.88. The fourth-order valence-corrected chi connectivity index (χ4v) is 2.81. The first-order valence-corrected chi connectivity index (χ1v) is 6.85. The van der Waals surface area contributed by atoms with Crippen LogP contribution < -0.4 is 5.32 Å². The second-order valence-corrected chi connectivity index (χ2v) is 5.03. The van der Waals surface area contributed by atoms with Crippen molar-refractivity contribution < 1.29 is 0 Å². The number of aromatic nitrogens is 2. The number of rotatable bonds is 3. The van der Waals surface area contributed by atoms with E-state index < -0.39 is 0 Å². The van der Waals surface area contributed by atoms with E-state index in [0.29, 0.717) is 0 Å². The van der Waals surface area contributed by atoms with Crippen molar-refractivity contribution in [2.75, 3.05) is 12.4 Å². The molecule has 94 valence electrons. The summed E-state index contributed by atoms with van der Waals surface area (Å²) in [5.74, 6) is 0. The minimum Gasteiger partial charge on any atom is -0.365 e. The van der Waals surface area contributed by atoms with Gasteiger partial charge < -0.3 is 5.32 Å². The summed E-state index contributed by atoms with van der Waals surface area (Å²) >= 11 is 1.62. The maximum absolute atomic E-state index is 4.64. The highest BCUT2D eigenvalue weighted by Crippen LogP contribution is 2.37. The van der Waals surface area contributed by atoms with Crippen LogP contribution in [0.15, 0.2) is 54.7 Å². The number of hydrogen-bond acceptors (Lipinski definition) is 4. The Bertz CT molecular complexity index is 605. The van der Waals surface area contributed by atoms with Crippen molar-refractivity contribution in [2.24, 2.45) is 0 Å². The third-order valence-electron chi connectivity index (χ3n) is 2.79. The fourth-order valence-electron chi connectivity index (χ4n) is 1.89. The van der Waals surface area contributed by atoms with Crippen LogP contribution in [-0.2, 0) is 0 Å². The molecule has 1 N–H and O–H groups in total. The minimum atomic E-state index is 0.902. The van der Waals surface area contributed by atoms with E-state index >= 15 is 0 Å². The Labute approximate surface area is 116 Å². The van der Waals surface area contributed by atoms with Crippen molar-refractivity contribution in [3.8, 4) is 21.8 Å². The highest BCUT2D eigenvalue weighted by Gasteiger charge is 2.14. The van der Waals surface area contributed by atoms with Crippen molar-refractivity contribution in [3.05, 3.63) is 54.7 Å². The summed E-state index contributed by atoms with van der Waals surface area (Å²) in [6.07, 6.45) is 1.81. The Balaban J connectivity index is 2.17. The van der Waals surface area contributed by atoms with Gasteiger partial charge in [-0.05, 0) is 12.1 Å². The Hall–Kier alpha value is -2.20. The molecule has 0 amide bonds. The number of thiazole rings is 1. The topological polar surface area (TPSA) is 37.8 Å². The maximum Gasteiger partial charge on any atom is 0.183 e. The van der Waals surface area contributed by atoms with Gasteiger partial charge in [0.25, 0.3) is 0 Å². The summed E-state index contributed by atoms with van der Waals surface area (Å²) in [5, 5.41) is 4.01. The highest BCUT2D eigenvalue weighted by molar-refractivity contribution is 7.19. The van der Waals surface area contributed by atoms with E-state index in [1.54, 1.807) is 11.3 Å². The molecule has 3 nitrogen and oxygen atoms in total. The zero-order chi connectivity index (χ0) is 13.1. The predicted molar refractivity (Wildman–Crippen MR) is 80.3 cm³/mol. The Kier molecular flexibility index (Phi) is 3.25. The zero-order valence-electron chi connectivity index (χ0n) is 10.5. The lowest BCUT2D eigenvalue weighted by Crippen LogP contribution is -1.86. The van der Waals surface area contributed by atoms with Gasteiger partial charge in [0.2, 0.25) is 0 Å². The summed E-state index contributed by atoms with van der Waals surface area (Å²) in [7, 11) is 1.88. The molecule has 0 aliphatic carbocycles. The van der Waals surface area contributed by atoms with Gasteiger partial charge >= 0.3 is 0 Å². The SMILES string of the molecule is CNc1nc(-c2ccccc2)c(-c2ccccn2)s1. The second-order valence-electron chi connectivity index (χ2n) is 4.03. The predicted octanol–water partition coefficient (Wildman–Crippen LogP) is 3.91. The van der Waals surface area contributed by atoms with E-state index in [0.717, 1.165) is 27.0 Å². The van der Waals surface area contributed by atoms with Gasteiger partial charge in [-0.15, -0.1) is 0 Å². The van der Waals surface area contributed by atoms with Gasteiger partial charge in [-0.25, -0.2) is 4.98 Å². The number of benzene rings is 1. The van der Waals surface area contributed by atoms with E-state index in [1.165, 1.54) is 0 Å². The van der Waals surface area contributed by atoms with Crippen LogP contribution in [0.1, 0.15) is 0 Å². The van der Waals surface area contributed by atoms with Crippen molar-refractivity contribution >= 4 is 16.5 Å². The minimum absolute atomic E-state index is 0.902. The van der Waals surface area contributed by atoms with Gasteiger partial charge in [0, 0.05) is 18.8 Å². The molecule has 3 rings (SSSR count). The molecule has 0 saturated carbocycles. The van der Waals surface area contributed by atoms with Crippen LogP contribution in [0.2, 0.25) is 0 Å². The van der Waals surface area contributed by atoms with Crippen LogP contribution in [-0.4, -0.2) is 17.0 Å². The quantitative estimate of drug-likeness (QED) is 0.781. The molecule has 1 aromatic carbocycles. The first-order valence-electron chi connectivity index (χ1n) is 6.04. The van der Waals surface area contributed by atoms with E-state index in [-0.39, 0.29) is 0 Å². The lowest BCUT2D eigenvalue weighted by atomic mass is 10.1. The number of pyridine rings is 1.